The van der Waals surface area contributed by atoms with Crippen LogP contribution in [0, 0.1) is 27.6 Å². The summed E-state index contributed by atoms with van der Waals surface area (Å²) < 4.78 is 17.9. The number of carbonyl (C=O) groups is 3. The predicted octanol–water partition coefficient (Wildman–Crippen LogP) is 6.86. The lowest BCUT2D eigenvalue weighted by Crippen LogP contribution is -2.70. The highest BCUT2D eigenvalue weighted by Gasteiger charge is 2.88. The first-order chi connectivity index (χ1) is 21.1. The number of epoxide rings is 1. The second-order valence-electron chi connectivity index (χ2n) is 14.2. The Balaban J connectivity index is 0.000000381. The fourth-order valence-corrected chi connectivity index (χ4v) is 10.6. The molecule has 2 saturated carbocycles. The maximum Gasteiger partial charge on any atom is 0.302 e. The number of hydrogen-bond donors (Lipinski definition) is 1. The zero-order valence-electron chi connectivity index (χ0n) is 27.2. The first-order valence-corrected chi connectivity index (χ1v) is 17.2. The van der Waals surface area contributed by atoms with Crippen molar-refractivity contribution in [2.45, 2.75) is 78.1 Å². The summed E-state index contributed by atoms with van der Waals surface area (Å²) in [7, 11) is 0. The Bertz CT molecular complexity index is 1400. The number of nitrogens with zero attached hydrogens (tertiary/aromatic N) is 1. The van der Waals surface area contributed by atoms with Crippen molar-refractivity contribution in [2.24, 2.45) is 27.6 Å². The lowest BCUT2D eigenvalue weighted by atomic mass is 9.38. The van der Waals surface area contributed by atoms with Crippen molar-refractivity contribution in [3.63, 3.8) is 0 Å². The van der Waals surface area contributed by atoms with Gasteiger partial charge in [-0.2, -0.15) is 0 Å². The van der Waals surface area contributed by atoms with Crippen LogP contribution in [0.4, 0.5) is 0 Å². The molecule has 8 atom stereocenters. The second-order valence-corrected chi connectivity index (χ2v) is 15.3. The van der Waals surface area contributed by atoms with Crippen LogP contribution in [-0.2, 0) is 23.9 Å². The van der Waals surface area contributed by atoms with Crippen molar-refractivity contribution < 1.29 is 33.4 Å². The van der Waals surface area contributed by atoms with Crippen molar-refractivity contribution >= 4 is 64.7 Å². The average molecular weight is 722 g/mol. The Labute approximate surface area is 292 Å². The van der Waals surface area contributed by atoms with Gasteiger partial charge >= 0.3 is 5.97 Å². The minimum atomic E-state index is -1.17. The molecule has 1 N–H and O–H groups in total. The average Bonchev–Trinajstić information content (AvgIpc) is 3.32. The molecule has 1 spiro atoms. The molecule has 12 heteroatoms. The number of ketones is 2. The van der Waals surface area contributed by atoms with Crippen LogP contribution in [0.2, 0.25) is 0 Å². The molecule has 8 nitrogen and oxygen atoms in total. The molecular formula is C34H45Cl4NO7. The van der Waals surface area contributed by atoms with Crippen LogP contribution in [-0.4, -0.2) is 82.6 Å². The van der Waals surface area contributed by atoms with E-state index >= 15 is 0 Å². The van der Waals surface area contributed by atoms with E-state index in [0.717, 1.165) is 25.2 Å². The Morgan fingerprint density at radius 2 is 1.67 bits per heavy atom. The van der Waals surface area contributed by atoms with Gasteiger partial charge in [0.25, 0.3) is 0 Å². The molecule has 6 rings (SSSR count). The van der Waals surface area contributed by atoms with E-state index in [9.17, 15) is 19.5 Å². The van der Waals surface area contributed by atoms with Crippen LogP contribution < -0.4 is 0 Å². The lowest BCUT2D eigenvalue weighted by molar-refractivity contribution is -0.200. The standard InChI is InChI=1S/C28H32O7.C6H12Cl3N.ClH/c1-14(29)34-17-12-26(5)16(15-8-10-33-13-15)11-19-28(26,35-19)27(6)21(17)25(4)9-7-18(30)24(2,3)22(25)20(31)23(27)32;7-1-4-10(5-2-8)6-3-9;/h7-10,13,16-17,19,21,31H,11-12H2,1-6H3;1-6H2;1H. The van der Waals surface area contributed by atoms with Crippen LogP contribution in [0.15, 0.2) is 46.5 Å². The van der Waals surface area contributed by atoms with Crippen LogP contribution >= 0.6 is 47.2 Å². The number of rotatable bonds is 8. The Morgan fingerprint density at radius 1 is 1.07 bits per heavy atom. The SMILES string of the molecule is CC(=O)OC1CC2(C)C(c3ccoc3)CC3OC32C2(C)C(=O)C(O)=C3C(C)(C)C(=O)C=CC3(C)C12.Cl.ClCCN(CCCl)CCCl. The van der Waals surface area contributed by atoms with E-state index in [4.69, 9.17) is 48.7 Å². The molecule has 1 aliphatic heterocycles. The minimum absolute atomic E-state index is 0. The molecular weight excluding hydrogens is 676 g/mol. The smallest absolute Gasteiger partial charge is 0.302 e. The van der Waals surface area contributed by atoms with Gasteiger partial charge in [0.15, 0.2) is 11.5 Å². The number of fused-ring (bicyclic) bond motifs is 3. The van der Waals surface area contributed by atoms with Gasteiger partial charge in [-0.1, -0.05) is 19.9 Å². The second kappa shape index (κ2) is 13.1. The van der Waals surface area contributed by atoms with E-state index < -0.39 is 51.0 Å². The molecule has 46 heavy (non-hydrogen) atoms. The normalized spacial score (nSPS) is 38.1. The van der Waals surface area contributed by atoms with E-state index in [2.05, 4.69) is 11.8 Å². The topological polar surface area (TPSA) is 110 Å². The number of carbonyl (C=O) groups excluding carboxylic acids is 3. The monoisotopic (exact) mass is 719 g/mol. The van der Waals surface area contributed by atoms with Gasteiger partial charge in [-0.3, -0.25) is 19.3 Å². The van der Waals surface area contributed by atoms with Crippen molar-refractivity contribution in [3.05, 3.63) is 47.6 Å². The zero-order valence-corrected chi connectivity index (χ0v) is 30.3. The number of Topliss-reactive ketones (excluding diaryl/α,β-unsaturated/α-hetero) is 1. The summed E-state index contributed by atoms with van der Waals surface area (Å²) in [6.45, 7) is 13.4. The van der Waals surface area contributed by atoms with Crippen molar-refractivity contribution in [1.82, 2.24) is 4.90 Å². The quantitative estimate of drug-likeness (QED) is 0.176. The van der Waals surface area contributed by atoms with Gasteiger partial charge in [0.2, 0.25) is 5.78 Å². The van der Waals surface area contributed by atoms with Crippen LogP contribution in [0.3, 0.4) is 0 Å². The fraction of sp³-hybridized carbons (Fsp3) is 0.676. The highest BCUT2D eigenvalue weighted by molar-refractivity contribution is 6.18. The Kier molecular flexibility index (Phi) is 10.6. The van der Waals surface area contributed by atoms with Gasteiger partial charge in [0.1, 0.15) is 11.7 Å². The maximum absolute atomic E-state index is 14.3. The molecule has 0 bridgehead atoms. The molecule has 0 radical (unpaired) electrons. The molecule has 256 valence electrons. The van der Waals surface area contributed by atoms with E-state index in [1.165, 1.54) is 6.92 Å². The lowest BCUT2D eigenvalue weighted by Gasteiger charge is -2.64. The number of alkyl halides is 3. The summed E-state index contributed by atoms with van der Waals surface area (Å²) in [5.74, 6) is 0.104. The summed E-state index contributed by atoms with van der Waals surface area (Å²) in [5, 5.41) is 11.5. The molecule has 1 aromatic heterocycles. The number of aliphatic hydroxyl groups excluding tert-OH is 1. The number of furan rings is 1. The van der Waals surface area contributed by atoms with E-state index in [-0.39, 0.29) is 36.0 Å². The van der Waals surface area contributed by atoms with Gasteiger partial charge < -0.3 is 19.0 Å². The van der Waals surface area contributed by atoms with E-state index in [1.54, 1.807) is 38.5 Å². The van der Waals surface area contributed by atoms with Crippen LogP contribution in [0.5, 0.6) is 0 Å². The first-order valence-electron chi connectivity index (χ1n) is 15.6. The third-order valence-electron chi connectivity index (χ3n) is 11.6. The maximum atomic E-state index is 14.3. The zero-order chi connectivity index (χ0) is 33.2. The molecule has 5 aliphatic rings. The van der Waals surface area contributed by atoms with Crippen LogP contribution in [0.1, 0.15) is 65.9 Å². The van der Waals surface area contributed by atoms with Gasteiger partial charge in [-0.15, -0.1) is 47.2 Å². The highest BCUT2D eigenvalue weighted by Crippen LogP contribution is 2.81. The summed E-state index contributed by atoms with van der Waals surface area (Å²) in [6.07, 6.45) is 7.17. The van der Waals surface area contributed by atoms with Gasteiger partial charge in [0.05, 0.1) is 29.5 Å². The predicted molar refractivity (Wildman–Crippen MR) is 180 cm³/mol. The number of halogens is 4. The van der Waals surface area contributed by atoms with E-state index in [1.807, 2.05) is 19.9 Å². The first kappa shape index (κ1) is 37.3. The molecule has 3 fully saturated rings. The summed E-state index contributed by atoms with van der Waals surface area (Å²) >= 11 is 16.6. The third kappa shape index (κ3) is 5.20. The molecule has 2 heterocycles. The molecule has 0 amide bonds. The number of aliphatic hydroxyl groups is 1. The Morgan fingerprint density at radius 3 is 2.20 bits per heavy atom. The molecule has 4 aliphatic carbocycles. The van der Waals surface area contributed by atoms with E-state index in [0.29, 0.717) is 36.1 Å². The van der Waals surface area contributed by atoms with Gasteiger partial charge in [-0.25, -0.2) is 0 Å². The largest absolute Gasteiger partial charge is 0.504 e. The Hall–Kier alpha value is -1.55. The third-order valence-corrected chi connectivity index (χ3v) is 12.1. The number of esters is 1. The number of allylic oxidation sites excluding steroid dienone is 4. The van der Waals surface area contributed by atoms with Gasteiger partial charge in [0, 0.05) is 60.9 Å². The molecule has 0 aromatic carbocycles. The van der Waals surface area contributed by atoms with Crippen molar-refractivity contribution in [3.8, 4) is 0 Å². The molecule has 8 unspecified atom stereocenters. The number of ether oxygens (including phenoxy) is 2. The summed E-state index contributed by atoms with van der Waals surface area (Å²) in [4.78, 5) is 41.7. The van der Waals surface area contributed by atoms with Crippen LogP contribution in [0.25, 0.3) is 0 Å². The van der Waals surface area contributed by atoms with Crippen molar-refractivity contribution in [1.29, 1.82) is 0 Å². The summed E-state index contributed by atoms with van der Waals surface area (Å²) in [6, 6.07) is 1.95. The van der Waals surface area contributed by atoms with Gasteiger partial charge in [-0.05, 0) is 62.8 Å². The molecule has 1 saturated heterocycles. The molecule has 1 aromatic rings. The van der Waals surface area contributed by atoms with Crippen molar-refractivity contribution in [2.75, 3.05) is 37.3 Å². The highest BCUT2D eigenvalue weighted by atomic mass is 35.5. The fourth-order valence-electron chi connectivity index (χ4n) is 9.92. The summed E-state index contributed by atoms with van der Waals surface area (Å²) in [5.41, 5.74) is -3.06. The minimum Gasteiger partial charge on any atom is -0.504 e. The number of hydrogen-bond acceptors (Lipinski definition) is 8.